The number of likely N-dealkylation sites (tertiary alicyclic amines) is 2. The molecule has 0 aromatic heterocycles. The largest absolute Gasteiger partial charge is 0.352 e. The highest BCUT2D eigenvalue weighted by Gasteiger charge is 2.37. The fourth-order valence-corrected chi connectivity index (χ4v) is 4.64. The van der Waals surface area contributed by atoms with Gasteiger partial charge in [-0.05, 0) is 62.8 Å². The van der Waals surface area contributed by atoms with Crippen LogP contribution in [0.1, 0.15) is 44.1 Å². The molecule has 2 aliphatic heterocycles. The van der Waals surface area contributed by atoms with Crippen molar-refractivity contribution in [1.82, 2.24) is 15.1 Å². The first-order valence-corrected chi connectivity index (χ1v) is 10.7. The number of rotatable bonds is 5. The van der Waals surface area contributed by atoms with E-state index in [1.54, 1.807) is 0 Å². The Morgan fingerprint density at radius 2 is 1.62 bits per heavy atom. The van der Waals surface area contributed by atoms with Crippen molar-refractivity contribution in [3.63, 3.8) is 0 Å². The van der Waals surface area contributed by atoms with Crippen LogP contribution < -0.4 is 5.32 Å². The second-order valence-electron chi connectivity index (χ2n) is 8.66. The van der Waals surface area contributed by atoms with E-state index in [0.29, 0.717) is 24.1 Å². The van der Waals surface area contributed by atoms with Crippen LogP contribution in [0.2, 0.25) is 0 Å². The minimum atomic E-state index is -0.635. The standard InChI is InChI=1S/C22H29F2N3O2/c23-18-10-15(11-19(24)12-18)13-25-21(28)17-2-1-7-27(14-17)20-5-8-26(9-6-20)22(29)16-3-4-16/h10-12,16-17,20H,1-9,13-14H2,(H,25,28). The zero-order valence-electron chi connectivity index (χ0n) is 16.7. The summed E-state index contributed by atoms with van der Waals surface area (Å²) in [6.45, 7) is 3.47. The number of halogens is 2. The molecule has 1 atom stereocenters. The van der Waals surface area contributed by atoms with Gasteiger partial charge in [0.05, 0.1) is 5.92 Å². The molecule has 1 unspecified atom stereocenters. The van der Waals surface area contributed by atoms with Crippen LogP contribution in [0, 0.1) is 23.5 Å². The van der Waals surface area contributed by atoms with E-state index >= 15 is 0 Å². The van der Waals surface area contributed by atoms with Gasteiger partial charge in [0.1, 0.15) is 11.6 Å². The van der Waals surface area contributed by atoms with Crippen LogP contribution >= 0.6 is 0 Å². The number of benzene rings is 1. The Hall–Kier alpha value is -2.02. The third-order valence-electron chi connectivity index (χ3n) is 6.43. The lowest BCUT2D eigenvalue weighted by atomic mass is 9.93. The third kappa shape index (κ3) is 5.13. The Morgan fingerprint density at radius 3 is 2.28 bits per heavy atom. The Balaban J connectivity index is 1.25. The highest BCUT2D eigenvalue weighted by molar-refractivity contribution is 5.81. The predicted molar refractivity (Wildman–Crippen MR) is 105 cm³/mol. The average Bonchev–Trinajstić information content (AvgIpc) is 3.56. The minimum absolute atomic E-state index is 0.0549. The molecule has 4 rings (SSSR count). The van der Waals surface area contributed by atoms with E-state index in [-0.39, 0.29) is 24.3 Å². The van der Waals surface area contributed by atoms with Gasteiger partial charge in [-0.25, -0.2) is 8.78 Å². The molecule has 158 valence electrons. The van der Waals surface area contributed by atoms with Gasteiger partial charge in [0, 0.05) is 44.2 Å². The maximum absolute atomic E-state index is 13.3. The average molecular weight is 405 g/mol. The van der Waals surface area contributed by atoms with E-state index in [0.717, 1.165) is 64.2 Å². The summed E-state index contributed by atoms with van der Waals surface area (Å²) in [7, 11) is 0. The second-order valence-corrected chi connectivity index (χ2v) is 8.66. The van der Waals surface area contributed by atoms with Crippen molar-refractivity contribution in [3.05, 3.63) is 35.4 Å². The van der Waals surface area contributed by atoms with Crippen molar-refractivity contribution < 1.29 is 18.4 Å². The number of hydrogen-bond acceptors (Lipinski definition) is 3. The summed E-state index contributed by atoms with van der Waals surface area (Å²) >= 11 is 0. The smallest absolute Gasteiger partial charge is 0.225 e. The molecule has 1 N–H and O–H groups in total. The maximum Gasteiger partial charge on any atom is 0.225 e. The van der Waals surface area contributed by atoms with Crippen molar-refractivity contribution in [2.45, 2.75) is 51.1 Å². The van der Waals surface area contributed by atoms with Crippen molar-refractivity contribution in [2.75, 3.05) is 26.2 Å². The van der Waals surface area contributed by atoms with E-state index < -0.39 is 11.6 Å². The summed E-state index contributed by atoms with van der Waals surface area (Å²) in [5.41, 5.74) is 0.427. The molecule has 7 heteroatoms. The van der Waals surface area contributed by atoms with Gasteiger partial charge in [0.2, 0.25) is 11.8 Å². The number of amides is 2. The van der Waals surface area contributed by atoms with Crippen molar-refractivity contribution >= 4 is 11.8 Å². The van der Waals surface area contributed by atoms with E-state index in [4.69, 9.17) is 0 Å². The van der Waals surface area contributed by atoms with Crippen LogP contribution in [0.25, 0.3) is 0 Å². The SMILES string of the molecule is O=C(NCc1cc(F)cc(F)c1)C1CCCN(C2CCN(C(=O)C3CC3)CC2)C1. The summed E-state index contributed by atoms with van der Waals surface area (Å²) in [5.74, 6) is -0.822. The molecule has 2 saturated heterocycles. The highest BCUT2D eigenvalue weighted by atomic mass is 19.1. The second kappa shape index (κ2) is 8.78. The van der Waals surface area contributed by atoms with Crippen molar-refractivity contribution in [2.24, 2.45) is 11.8 Å². The Bertz CT molecular complexity index is 740. The summed E-state index contributed by atoms with van der Waals surface area (Å²) in [5, 5.41) is 2.84. The molecule has 1 saturated carbocycles. The lowest BCUT2D eigenvalue weighted by Crippen LogP contribution is -2.51. The summed E-state index contributed by atoms with van der Waals surface area (Å²) in [6.07, 6.45) is 5.82. The van der Waals surface area contributed by atoms with Gasteiger partial charge in [0.15, 0.2) is 0 Å². The van der Waals surface area contributed by atoms with Crippen LogP contribution in [0.15, 0.2) is 18.2 Å². The highest BCUT2D eigenvalue weighted by Crippen LogP contribution is 2.32. The number of hydrogen-bond donors (Lipinski definition) is 1. The Kier molecular flexibility index (Phi) is 6.13. The summed E-state index contributed by atoms with van der Waals surface area (Å²) in [4.78, 5) is 29.3. The molecular weight excluding hydrogens is 376 g/mol. The van der Waals surface area contributed by atoms with E-state index in [1.807, 2.05) is 4.90 Å². The summed E-state index contributed by atoms with van der Waals surface area (Å²) < 4.78 is 26.6. The molecule has 2 heterocycles. The zero-order chi connectivity index (χ0) is 20.4. The predicted octanol–water partition coefficient (Wildman–Crippen LogP) is 2.69. The third-order valence-corrected chi connectivity index (χ3v) is 6.43. The van der Waals surface area contributed by atoms with Gasteiger partial charge >= 0.3 is 0 Å². The summed E-state index contributed by atoms with van der Waals surface area (Å²) in [6, 6.07) is 3.74. The van der Waals surface area contributed by atoms with Crippen LogP contribution in [0.5, 0.6) is 0 Å². The van der Waals surface area contributed by atoms with Crippen molar-refractivity contribution in [3.8, 4) is 0 Å². The van der Waals surface area contributed by atoms with Crippen LogP contribution in [-0.2, 0) is 16.1 Å². The Morgan fingerprint density at radius 1 is 0.931 bits per heavy atom. The number of piperidine rings is 2. The first-order valence-electron chi connectivity index (χ1n) is 10.7. The number of nitrogens with one attached hydrogen (secondary N) is 1. The quantitative estimate of drug-likeness (QED) is 0.820. The molecule has 0 bridgehead atoms. The van der Waals surface area contributed by atoms with E-state index in [9.17, 15) is 18.4 Å². The molecule has 1 aliphatic carbocycles. The van der Waals surface area contributed by atoms with Gasteiger partial charge in [-0.15, -0.1) is 0 Å². The first kappa shape index (κ1) is 20.3. The molecule has 0 radical (unpaired) electrons. The lowest BCUT2D eigenvalue weighted by molar-refractivity contribution is -0.134. The van der Waals surface area contributed by atoms with Gasteiger partial charge in [-0.1, -0.05) is 0 Å². The molecular formula is C22H29F2N3O2. The van der Waals surface area contributed by atoms with Gasteiger partial charge in [-0.3, -0.25) is 14.5 Å². The molecule has 1 aromatic rings. The van der Waals surface area contributed by atoms with Crippen LogP contribution in [0.3, 0.4) is 0 Å². The monoisotopic (exact) mass is 405 g/mol. The van der Waals surface area contributed by atoms with E-state index in [2.05, 4.69) is 10.2 Å². The fourth-order valence-electron chi connectivity index (χ4n) is 4.64. The fraction of sp³-hybridized carbons (Fsp3) is 0.636. The van der Waals surface area contributed by atoms with Crippen LogP contribution in [-0.4, -0.2) is 53.8 Å². The molecule has 2 amide bonds. The first-order chi connectivity index (χ1) is 14.0. The molecule has 1 aromatic carbocycles. The normalized spacial score (nSPS) is 23.8. The zero-order valence-corrected chi connectivity index (χ0v) is 16.7. The molecule has 3 aliphatic rings. The molecule has 29 heavy (non-hydrogen) atoms. The number of carbonyl (C=O) groups excluding carboxylic acids is 2. The molecule has 5 nitrogen and oxygen atoms in total. The maximum atomic E-state index is 13.3. The Labute approximate surface area is 170 Å². The number of carbonyl (C=O) groups is 2. The minimum Gasteiger partial charge on any atom is -0.352 e. The van der Waals surface area contributed by atoms with Crippen LogP contribution in [0.4, 0.5) is 8.78 Å². The van der Waals surface area contributed by atoms with Gasteiger partial charge < -0.3 is 10.2 Å². The van der Waals surface area contributed by atoms with E-state index in [1.165, 1.54) is 12.1 Å². The molecule has 0 spiro atoms. The number of nitrogens with zero attached hydrogens (tertiary/aromatic N) is 2. The van der Waals surface area contributed by atoms with Gasteiger partial charge in [-0.2, -0.15) is 0 Å². The topological polar surface area (TPSA) is 52.7 Å². The lowest BCUT2D eigenvalue weighted by Gasteiger charge is -2.42. The molecule has 3 fully saturated rings. The van der Waals surface area contributed by atoms with Crippen molar-refractivity contribution in [1.29, 1.82) is 0 Å². The van der Waals surface area contributed by atoms with Gasteiger partial charge in [0.25, 0.3) is 0 Å².